The van der Waals surface area contributed by atoms with E-state index >= 15 is 0 Å². The third kappa shape index (κ3) is 7.12. The Bertz CT molecular complexity index is 1810. The third-order valence-electron chi connectivity index (χ3n) is 8.06. The molecule has 2 atom stereocenters. The molecule has 47 heavy (non-hydrogen) atoms. The summed E-state index contributed by atoms with van der Waals surface area (Å²) in [6.45, 7) is 0.280. The van der Waals surface area contributed by atoms with Gasteiger partial charge in [0, 0.05) is 26.6 Å². The van der Waals surface area contributed by atoms with Crippen molar-refractivity contribution >= 4 is 52.7 Å². The minimum Gasteiger partial charge on any atom is -0.375 e. The predicted molar refractivity (Wildman–Crippen MR) is 171 cm³/mol. The molecule has 3 heterocycles. The number of hydrogen-bond donors (Lipinski definition) is 5. The van der Waals surface area contributed by atoms with Gasteiger partial charge in [0.15, 0.2) is 10.9 Å². The number of anilines is 1. The molecule has 6 rings (SSSR count). The van der Waals surface area contributed by atoms with Gasteiger partial charge in [-0.2, -0.15) is 19.7 Å². The fourth-order valence-corrected chi connectivity index (χ4v) is 7.05. The maximum absolute atomic E-state index is 14.1. The highest BCUT2D eigenvalue weighted by atomic mass is 32.1. The highest BCUT2D eigenvalue weighted by molar-refractivity contribution is 7.53. The van der Waals surface area contributed by atoms with E-state index in [0.717, 1.165) is 10.3 Å². The Kier molecular flexibility index (Phi) is 8.98. The van der Waals surface area contributed by atoms with Gasteiger partial charge in [-0.3, -0.25) is 19.1 Å². The monoisotopic (exact) mass is 684 g/mol. The summed E-state index contributed by atoms with van der Waals surface area (Å²) in [6, 6.07) is 16.0. The first-order chi connectivity index (χ1) is 22.4. The molecule has 2 saturated heterocycles. The number of amides is 4. The van der Waals surface area contributed by atoms with Crippen molar-refractivity contribution in [2.75, 3.05) is 25.9 Å². The van der Waals surface area contributed by atoms with Crippen molar-refractivity contribution in [2.24, 2.45) is 0 Å². The second-order valence-corrected chi connectivity index (χ2v) is 13.5. The lowest BCUT2D eigenvalue weighted by Crippen LogP contribution is -2.65. The van der Waals surface area contributed by atoms with Crippen molar-refractivity contribution in [1.82, 2.24) is 30.1 Å². The Labute approximate surface area is 273 Å². The Balaban J connectivity index is 1.27. The molecule has 17 heteroatoms. The predicted octanol–water partition coefficient (Wildman–Crippen LogP) is 2.23. The van der Waals surface area contributed by atoms with E-state index in [9.17, 15) is 33.5 Å². The molecule has 0 radical (unpaired) electrons. The van der Waals surface area contributed by atoms with Crippen LogP contribution in [0.25, 0.3) is 10.2 Å². The lowest BCUT2D eigenvalue weighted by atomic mass is 9.99. The number of nitrogens with one attached hydrogen (secondary N) is 1. The van der Waals surface area contributed by atoms with E-state index in [4.69, 9.17) is 10.3 Å². The Morgan fingerprint density at radius 1 is 1.11 bits per heavy atom. The molecule has 0 saturated carbocycles. The molecule has 0 bridgehead atoms. The van der Waals surface area contributed by atoms with Gasteiger partial charge in [-0.1, -0.05) is 47.7 Å². The average Bonchev–Trinajstić information content (AvgIpc) is 3.57. The molecule has 4 aromatic rings. The molecule has 2 aliphatic rings. The summed E-state index contributed by atoms with van der Waals surface area (Å²) in [4.78, 5) is 76.3. The molecule has 1 aromatic heterocycles. The first-order valence-electron chi connectivity index (χ1n) is 14.5. The summed E-state index contributed by atoms with van der Waals surface area (Å²) < 4.78 is 18.9. The summed E-state index contributed by atoms with van der Waals surface area (Å²) in [5.74, 6) is -1.01. The summed E-state index contributed by atoms with van der Waals surface area (Å²) >= 11 is 1.34. The molecular formula is C30H32FN7O7PS+. The lowest BCUT2D eigenvalue weighted by Gasteiger charge is -2.45. The molecule has 2 fully saturated rings. The number of hydrogen-bond acceptors (Lipinski definition) is 11. The summed E-state index contributed by atoms with van der Waals surface area (Å²) in [7, 11) is -2.97. The molecular weight excluding hydrogens is 652 g/mol. The minimum atomic E-state index is -4.51. The minimum absolute atomic E-state index is 0.0105. The number of carbonyl (C=O) groups is 3. The first-order valence-corrected chi connectivity index (χ1v) is 16.9. The van der Waals surface area contributed by atoms with Crippen LogP contribution in [0.1, 0.15) is 16.7 Å². The second kappa shape index (κ2) is 13.0. The van der Waals surface area contributed by atoms with Gasteiger partial charge in [0.1, 0.15) is 18.0 Å². The van der Waals surface area contributed by atoms with Crippen LogP contribution < -0.4 is 15.6 Å². The van der Waals surface area contributed by atoms with Gasteiger partial charge in [-0.25, -0.2) is 14.2 Å². The van der Waals surface area contributed by atoms with Crippen LogP contribution in [0.4, 0.5) is 14.3 Å². The van der Waals surface area contributed by atoms with Crippen molar-refractivity contribution in [3.05, 3.63) is 89.2 Å². The number of para-hydroxylation sites is 1. The summed E-state index contributed by atoms with van der Waals surface area (Å²) in [5, 5.41) is 6.12. The normalized spacial score (nSPS) is 18.5. The molecule has 4 amide bonds. The molecule has 0 spiro atoms. The maximum atomic E-state index is 14.1. The van der Waals surface area contributed by atoms with Crippen molar-refractivity contribution in [2.45, 2.75) is 31.7 Å². The topological polar surface area (TPSA) is 185 Å². The molecule has 6 N–H and O–H groups in total. The second-order valence-electron chi connectivity index (χ2n) is 11.2. The first kappa shape index (κ1) is 32.5. The third-order valence-corrected chi connectivity index (χ3v) is 9.37. The number of urea groups is 1. The van der Waals surface area contributed by atoms with E-state index in [2.05, 4.69) is 10.3 Å². The van der Waals surface area contributed by atoms with Gasteiger partial charge in [-0.05, 0) is 47.0 Å². The highest BCUT2D eigenvalue weighted by Gasteiger charge is 2.51. The number of thiazole rings is 1. The number of aromatic nitrogens is 1. The number of piperazine rings is 1. The van der Waals surface area contributed by atoms with Crippen LogP contribution >= 0.6 is 19.5 Å². The van der Waals surface area contributed by atoms with Gasteiger partial charge < -0.3 is 20.9 Å². The van der Waals surface area contributed by atoms with Gasteiger partial charge in [0.05, 0.1) is 23.3 Å². The van der Waals surface area contributed by atoms with Crippen molar-refractivity contribution in [3.63, 3.8) is 0 Å². The van der Waals surface area contributed by atoms with Gasteiger partial charge in [0.2, 0.25) is 11.8 Å². The number of hydrazine groups is 1. The number of nitrogens with zero attached hydrogens (tertiary/aromatic N) is 5. The smallest absolute Gasteiger partial charge is 0.375 e. The standard InChI is InChI=1S/C30H31FN7O7PS/c1-35(30(41)33-14-19-5-9-21(31)10-6-19)37-17-26(39)38-23(13-18-7-11-22(12-8-18)45-46(42,43)44)28(40)36(16-25(37)38)15-20-3-2-4-24-27(20)34-29(32)47-24/h2-12,23,25,42-44H,13-17H2,1H3,(H2-,32,33,34,41)/p+1/t23-,25-/m1/s1. The number of benzene rings is 3. The van der Waals surface area contributed by atoms with Crippen LogP contribution in [0.3, 0.4) is 0 Å². The van der Waals surface area contributed by atoms with E-state index in [1.54, 1.807) is 34.2 Å². The number of carbonyl (C=O) groups excluding carboxylic acids is 3. The number of nitrogens with two attached hydrogens (primary N) is 1. The van der Waals surface area contributed by atoms with Crippen LogP contribution in [0.5, 0.6) is 5.75 Å². The molecule has 2 aliphatic heterocycles. The summed E-state index contributed by atoms with van der Waals surface area (Å²) in [5.41, 5.74) is 8.77. The van der Waals surface area contributed by atoms with Crippen LogP contribution in [-0.4, -0.2) is 89.7 Å². The highest BCUT2D eigenvalue weighted by Crippen LogP contribution is 2.46. The number of fused-ring (bicyclic) bond motifs is 2. The maximum Gasteiger partial charge on any atom is 0.613 e. The number of halogens is 1. The molecule has 0 unspecified atom stereocenters. The quantitative estimate of drug-likeness (QED) is 0.164. The van der Waals surface area contributed by atoms with Crippen molar-refractivity contribution in [3.8, 4) is 5.75 Å². The number of rotatable bonds is 9. The molecule has 3 aromatic carbocycles. The van der Waals surface area contributed by atoms with Crippen LogP contribution in [0.2, 0.25) is 0 Å². The zero-order valence-electron chi connectivity index (χ0n) is 25.1. The zero-order chi connectivity index (χ0) is 33.5. The summed E-state index contributed by atoms with van der Waals surface area (Å²) in [6.07, 6.45) is -0.574. The fourth-order valence-electron chi connectivity index (χ4n) is 5.87. The van der Waals surface area contributed by atoms with Crippen LogP contribution in [0.15, 0.2) is 66.7 Å². The zero-order valence-corrected chi connectivity index (χ0v) is 26.8. The van der Waals surface area contributed by atoms with Gasteiger partial charge >= 0.3 is 14.2 Å². The van der Waals surface area contributed by atoms with Crippen LogP contribution in [-0.2, 0) is 29.1 Å². The number of nitrogen functional groups attached to an aromatic ring is 1. The van der Waals surface area contributed by atoms with Crippen LogP contribution in [0, 0.1) is 5.82 Å². The van der Waals surface area contributed by atoms with Crippen molar-refractivity contribution < 1.29 is 38.0 Å². The largest absolute Gasteiger partial charge is 0.613 e. The van der Waals surface area contributed by atoms with E-state index in [1.165, 1.54) is 52.6 Å². The lowest BCUT2D eigenvalue weighted by molar-refractivity contribution is -0.157. The molecule has 0 aliphatic carbocycles. The van der Waals surface area contributed by atoms with Gasteiger partial charge in [-0.15, -0.1) is 0 Å². The molecule has 246 valence electrons. The Morgan fingerprint density at radius 3 is 2.51 bits per heavy atom. The average molecular weight is 685 g/mol. The Hall–Kier alpha value is -4.44. The van der Waals surface area contributed by atoms with Gasteiger partial charge in [0.25, 0.3) is 0 Å². The van der Waals surface area contributed by atoms with E-state index in [0.29, 0.717) is 21.8 Å². The van der Waals surface area contributed by atoms with Crippen molar-refractivity contribution in [1.29, 1.82) is 0 Å². The SMILES string of the molecule is CN(C(=O)NCc1ccc(F)cc1)N1CC(=O)N2[C@H](Cc3ccc(O[P+](O)(O)O)cc3)C(=O)N(Cc3cccc4sc(N)nc34)C[C@@H]21. The Morgan fingerprint density at radius 2 is 1.81 bits per heavy atom. The van der Waals surface area contributed by atoms with E-state index in [-0.39, 0.29) is 56.0 Å². The fraction of sp³-hybridized carbons (Fsp3) is 0.267. The van der Waals surface area contributed by atoms with E-state index < -0.39 is 26.4 Å². The molecule has 14 nitrogen and oxygen atoms in total. The van der Waals surface area contributed by atoms with E-state index in [1.807, 2.05) is 18.2 Å².